The maximum atomic E-state index is 13.2. The summed E-state index contributed by atoms with van der Waals surface area (Å²) in [4.78, 5) is 0. The Morgan fingerprint density at radius 2 is 1.93 bits per heavy atom. The molecule has 0 saturated carbocycles. The van der Waals surface area contributed by atoms with Gasteiger partial charge in [0.25, 0.3) is 0 Å². The lowest BCUT2D eigenvalue weighted by Crippen LogP contribution is -2.25. The molecule has 1 aromatic carbocycles. The molecule has 0 bridgehead atoms. The first-order chi connectivity index (χ1) is 6.43. The smallest absolute Gasteiger partial charge is 0.140 e. The topological polar surface area (TPSA) is 46.2 Å². The molecule has 2 nitrogen and oxygen atoms in total. The zero-order valence-electron chi connectivity index (χ0n) is 7.47. The van der Waals surface area contributed by atoms with Crippen LogP contribution in [0.15, 0.2) is 16.6 Å². The van der Waals surface area contributed by atoms with Crippen LogP contribution in [0.2, 0.25) is 0 Å². The molecular formula is C9H10BrF2NO. The average molecular weight is 266 g/mol. The van der Waals surface area contributed by atoms with Gasteiger partial charge in [-0.05, 0) is 28.9 Å². The van der Waals surface area contributed by atoms with Crippen LogP contribution >= 0.6 is 15.9 Å². The summed E-state index contributed by atoms with van der Waals surface area (Å²) in [5.74, 6) is -1.50. The van der Waals surface area contributed by atoms with E-state index in [1.54, 1.807) is 6.92 Å². The molecule has 0 heterocycles. The van der Waals surface area contributed by atoms with Gasteiger partial charge in [0.15, 0.2) is 0 Å². The summed E-state index contributed by atoms with van der Waals surface area (Å²) in [6.45, 7) is 1.54. The molecule has 3 N–H and O–H groups in total. The van der Waals surface area contributed by atoms with Gasteiger partial charge in [-0.2, -0.15) is 0 Å². The van der Waals surface area contributed by atoms with Crippen LogP contribution in [-0.4, -0.2) is 11.1 Å². The third-order valence-corrected chi connectivity index (χ3v) is 2.46. The molecule has 0 spiro atoms. The second kappa shape index (κ2) is 4.33. The second-order valence-electron chi connectivity index (χ2n) is 3.09. The van der Waals surface area contributed by atoms with Crippen molar-refractivity contribution in [2.24, 2.45) is 5.73 Å². The Morgan fingerprint density at radius 3 is 2.43 bits per heavy atom. The molecule has 1 rings (SSSR count). The third-order valence-electron chi connectivity index (χ3n) is 1.86. The Labute approximate surface area is 88.9 Å². The number of aliphatic hydroxyl groups is 1. The van der Waals surface area contributed by atoms with Crippen molar-refractivity contribution >= 4 is 15.9 Å². The number of rotatable bonds is 2. The molecule has 2 atom stereocenters. The Balaban J connectivity index is 3.15. The Hall–Kier alpha value is -0.520. The zero-order chi connectivity index (χ0) is 10.9. The Kier molecular flexibility index (Phi) is 3.58. The van der Waals surface area contributed by atoms with E-state index >= 15 is 0 Å². The molecule has 0 aliphatic rings. The number of hydrogen-bond donors (Lipinski definition) is 2. The predicted octanol–water partition coefficient (Wildman–Crippen LogP) is 2.11. The van der Waals surface area contributed by atoms with Crippen molar-refractivity contribution in [3.63, 3.8) is 0 Å². The van der Waals surface area contributed by atoms with Gasteiger partial charge in [-0.1, -0.05) is 0 Å². The molecule has 5 heteroatoms. The van der Waals surface area contributed by atoms with Crippen LogP contribution in [-0.2, 0) is 0 Å². The highest BCUT2D eigenvalue weighted by molar-refractivity contribution is 9.10. The number of hydrogen-bond acceptors (Lipinski definition) is 2. The molecule has 2 unspecified atom stereocenters. The van der Waals surface area contributed by atoms with Crippen LogP contribution in [0.1, 0.15) is 18.6 Å². The lowest BCUT2D eigenvalue weighted by molar-refractivity contribution is 0.148. The number of benzene rings is 1. The summed E-state index contributed by atoms with van der Waals surface area (Å²) in [5.41, 5.74) is 5.39. The van der Waals surface area contributed by atoms with Gasteiger partial charge < -0.3 is 10.8 Å². The molecule has 0 aromatic heterocycles. The van der Waals surface area contributed by atoms with Crippen LogP contribution in [0.3, 0.4) is 0 Å². The van der Waals surface area contributed by atoms with E-state index in [-0.39, 0.29) is 10.0 Å². The molecule has 0 aliphatic heterocycles. The highest BCUT2D eigenvalue weighted by Crippen LogP contribution is 2.25. The van der Waals surface area contributed by atoms with E-state index in [1.165, 1.54) is 6.07 Å². The van der Waals surface area contributed by atoms with Gasteiger partial charge >= 0.3 is 0 Å². The number of halogens is 3. The minimum absolute atomic E-state index is 0.00623. The monoisotopic (exact) mass is 265 g/mol. The fourth-order valence-electron chi connectivity index (χ4n) is 1.05. The highest BCUT2D eigenvalue weighted by atomic mass is 79.9. The summed E-state index contributed by atoms with van der Waals surface area (Å²) in [6.07, 6.45) is -1.13. The minimum Gasteiger partial charge on any atom is -0.387 e. The van der Waals surface area contributed by atoms with Crippen molar-refractivity contribution in [2.75, 3.05) is 0 Å². The van der Waals surface area contributed by atoms with Crippen molar-refractivity contribution < 1.29 is 13.9 Å². The van der Waals surface area contributed by atoms with Gasteiger partial charge in [0.2, 0.25) is 0 Å². The van der Waals surface area contributed by atoms with Gasteiger partial charge in [0.1, 0.15) is 11.6 Å². The highest BCUT2D eigenvalue weighted by Gasteiger charge is 2.18. The largest absolute Gasteiger partial charge is 0.387 e. The molecule has 14 heavy (non-hydrogen) atoms. The minimum atomic E-state index is -1.13. The number of aliphatic hydroxyl groups excluding tert-OH is 1. The summed E-state index contributed by atoms with van der Waals surface area (Å²) in [6, 6.07) is 1.30. The van der Waals surface area contributed by atoms with E-state index in [4.69, 9.17) is 5.73 Å². The van der Waals surface area contributed by atoms with Crippen molar-refractivity contribution in [3.05, 3.63) is 33.8 Å². The zero-order valence-corrected chi connectivity index (χ0v) is 9.05. The fourth-order valence-corrected chi connectivity index (χ4v) is 1.41. The van der Waals surface area contributed by atoms with Crippen LogP contribution in [0, 0.1) is 11.6 Å². The number of nitrogens with two attached hydrogens (primary N) is 1. The van der Waals surface area contributed by atoms with Crippen LogP contribution in [0.4, 0.5) is 8.78 Å². The lowest BCUT2D eigenvalue weighted by Gasteiger charge is -2.15. The van der Waals surface area contributed by atoms with Crippen molar-refractivity contribution in [1.29, 1.82) is 0 Å². The maximum absolute atomic E-state index is 13.2. The molecule has 0 radical (unpaired) electrons. The normalized spacial score (nSPS) is 15.3. The first kappa shape index (κ1) is 11.6. The molecule has 1 aromatic rings. The van der Waals surface area contributed by atoms with E-state index in [0.717, 1.165) is 0 Å². The predicted molar refractivity (Wildman–Crippen MR) is 52.7 cm³/mol. The van der Waals surface area contributed by atoms with Gasteiger partial charge in [-0.15, -0.1) is 0 Å². The van der Waals surface area contributed by atoms with Crippen LogP contribution < -0.4 is 5.73 Å². The SMILES string of the molecule is CC(N)C(O)c1cc(Br)c(F)cc1F. The summed E-state index contributed by atoms with van der Waals surface area (Å²) < 4.78 is 26.1. The van der Waals surface area contributed by atoms with E-state index in [2.05, 4.69) is 15.9 Å². The third kappa shape index (κ3) is 2.29. The summed E-state index contributed by atoms with van der Waals surface area (Å²) in [7, 11) is 0. The molecule has 78 valence electrons. The Bertz CT molecular complexity index is 344. The molecule has 0 fully saturated rings. The van der Waals surface area contributed by atoms with Gasteiger partial charge in [0, 0.05) is 17.7 Å². The Morgan fingerprint density at radius 1 is 1.36 bits per heavy atom. The first-order valence-corrected chi connectivity index (χ1v) is 4.81. The second-order valence-corrected chi connectivity index (χ2v) is 3.95. The van der Waals surface area contributed by atoms with E-state index in [9.17, 15) is 13.9 Å². The summed E-state index contributed by atoms with van der Waals surface area (Å²) >= 11 is 2.90. The molecule has 0 saturated heterocycles. The van der Waals surface area contributed by atoms with Crippen molar-refractivity contribution in [1.82, 2.24) is 0 Å². The van der Waals surface area contributed by atoms with E-state index in [1.807, 2.05) is 0 Å². The first-order valence-electron chi connectivity index (χ1n) is 4.01. The van der Waals surface area contributed by atoms with Gasteiger partial charge in [-0.3, -0.25) is 0 Å². The van der Waals surface area contributed by atoms with Gasteiger partial charge in [0.05, 0.1) is 10.6 Å². The quantitative estimate of drug-likeness (QED) is 0.805. The lowest BCUT2D eigenvalue weighted by atomic mass is 10.0. The molecule has 0 amide bonds. The molecule has 0 aliphatic carbocycles. The molecular weight excluding hydrogens is 256 g/mol. The fraction of sp³-hybridized carbons (Fsp3) is 0.333. The van der Waals surface area contributed by atoms with E-state index < -0.39 is 23.8 Å². The van der Waals surface area contributed by atoms with E-state index in [0.29, 0.717) is 6.07 Å². The van der Waals surface area contributed by atoms with Crippen molar-refractivity contribution in [3.8, 4) is 0 Å². The average Bonchev–Trinajstić information content (AvgIpc) is 2.10. The van der Waals surface area contributed by atoms with Crippen LogP contribution in [0.5, 0.6) is 0 Å². The van der Waals surface area contributed by atoms with Gasteiger partial charge in [-0.25, -0.2) is 8.78 Å². The van der Waals surface area contributed by atoms with Crippen molar-refractivity contribution in [2.45, 2.75) is 19.1 Å². The maximum Gasteiger partial charge on any atom is 0.140 e. The van der Waals surface area contributed by atoms with Crippen LogP contribution in [0.25, 0.3) is 0 Å². The summed E-state index contributed by atoms with van der Waals surface area (Å²) in [5, 5.41) is 9.49. The standard InChI is InChI=1S/C9H10BrF2NO/c1-4(13)9(14)5-2-6(10)8(12)3-7(5)11/h2-4,9,14H,13H2,1H3.